The number of nitrogens with zero attached hydrogens (tertiary/aromatic N) is 3. The average Bonchev–Trinajstić information content (AvgIpc) is 3.17. The van der Waals surface area contributed by atoms with Crippen LogP contribution in [0.25, 0.3) is 11.4 Å². The Morgan fingerprint density at radius 2 is 1.75 bits per heavy atom. The van der Waals surface area contributed by atoms with Crippen molar-refractivity contribution >= 4 is 17.5 Å². The van der Waals surface area contributed by atoms with Crippen molar-refractivity contribution in [3.8, 4) is 11.4 Å². The van der Waals surface area contributed by atoms with E-state index in [0.29, 0.717) is 18.1 Å². The quantitative estimate of drug-likeness (QED) is 0.652. The van der Waals surface area contributed by atoms with Crippen molar-refractivity contribution in [2.24, 2.45) is 0 Å². The number of pyridine rings is 1. The molecule has 28 heavy (non-hydrogen) atoms. The number of nitrogens with one attached hydrogen (secondary N) is 2. The lowest BCUT2D eigenvalue weighted by atomic mass is 10.1. The first-order valence-electron chi connectivity index (χ1n) is 8.88. The van der Waals surface area contributed by atoms with Gasteiger partial charge < -0.3 is 15.2 Å². The number of benzene rings is 1. The average molecular weight is 379 g/mol. The summed E-state index contributed by atoms with van der Waals surface area (Å²) in [6, 6.07) is 9.32. The molecule has 8 heteroatoms. The molecule has 2 N–H and O–H groups in total. The van der Waals surface area contributed by atoms with Crippen LogP contribution in [0.15, 0.2) is 47.2 Å². The van der Waals surface area contributed by atoms with Crippen LogP contribution >= 0.6 is 0 Å². The largest absolute Gasteiger partial charge is 0.347 e. The first-order chi connectivity index (χ1) is 13.5. The Morgan fingerprint density at radius 3 is 2.46 bits per heavy atom. The summed E-state index contributed by atoms with van der Waals surface area (Å²) < 4.78 is 5.16. The van der Waals surface area contributed by atoms with Gasteiger partial charge in [-0.25, -0.2) is 0 Å². The van der Waals surface area contributed by atoms with Crippen LogP contribution in [0.1, 0.15) is 23.4 Å². The third-order valence-electron chi connectivity index (χ3n) is 4.16. The van der Waals surface area contributed by atoms with Crippen molar-refractivity contribution in [3.05, 3.63) is 59.7 Å². The molecule has 8 nitrogen and oxygen atoms in total. The predicted molar refractivity (Wildman–Crippen MR) is 103 cm³/mol. The zero-order valence-electron chi connectivity index (χ0n) is 15.7. The van der Waals surface area contributed by atoms with Gasteiger partial charge in [0, 0.05) is 36.5 Å². The highest BCUT2D eigenvalue weighted by Gasteiger charge is 2.12. The first-order valence-corrected chi connectivity index (χ1v) is 8.88. The minimum absolute atomic E-state index is 0.0985. The molecule has 0 aliphatic heterocycles. The molecule has 2 amide bonds. The fraction of sp³-hybridized carbons (Fsp3) is 0.250. The van der Waals surface area contributed by atoms with Crippen molar-refractivity contribution in [2.45, 2.75) is 26.7 Å². The molecule has 144 valence electrons. The second-order valence-corrected chi connectivity index (χ2v) is 6.34. The second-order valence-electron chi connectivity index (χ2n) is 6.34. The lowest BCUT2D eigenvalue weighted by Gasteiger charge is -2.11. The number of carbonyl (C=O) groups is 2. The molecule has 0 bridgehead atoms. The Kier molecular flexibility index (Phi) is 6.11. The predicted octanol–water partition coefficient (Wildman–Crippen LogP) is 2.44. The maximum atomic E-state index is 12.1. The van der Waals surface area contributed by atoms with E-state index in [2.05, 4.69) is 25.8 Å². The van der Waals surface area contributed by atoms with E-state index in [1.165, 1.54) is 0 Å². The van der Waals surface area contributed by atoms with E-state index >= 15 is 0 Å². The zero-order valence-corrected chi connectivity index (χ0v) is 15.7. The van der Waals surface area contributed by atoms with Crippen molar-refractivity contribution in [3.63, 3.8) is 0 Å². The van der Waals surface area contributed by atoms with Crippen LogP contribution in [0.5, 0.6) is 0 Å². The molecule has 0 saturated carbocycles. The Bertz CT molecular complexity index is 949. The van der Waals surface area contributed by atoms with E-state index < -0.39 is 0 Å². The van der Waals surface area contributed by atoms with E-state index in [0.717, 1.165) is 22.4 Å². The van der Waals surface area contributed by atoms with Crippen LogP contribution < -0.4 is 10.6 Å². The molecule has 0 spiro atoms. The van der Waals surface area contributed by atoms with E-state index in [4.69, 9.17) is 4.52 Å². The summed E-state index contributed by atoms with van der Waals surface area (Å²) in [4.78, 5) is 32.3. The molecule has 0 aliphatic carbocycles. The molecule has 0 aliphatic rings. The number of aryl methyl sites for hydroxylation is 3. The zero-order chi connectivity index (χ0) is 19.9. The van der Waals surface area contributed by atoms with E-state index in [1.54, 1.807) is 24.5 Å². The number of anilines is 1. The molecule has 0 unspecified atom stereocenters. The van der Waals surface area contributed by atoms with Crippen molar-refractivity contribution in [1.82, 2.24) is 20.4 Å². The van der Waals surface area contributed by atoms with Crippen molar-refractivity contribution in [1.29, 1.82) is 0 Å². The van der Waals surface area contributed by atoms with Gasteiger partial charge in [0.1, 0.15) is 0 Å². The standard InChI is InChI=1S/C20H21N5O3/c1-13-4-3-5-14(2)19(13)23-17(27)12-22-16(26)6-7-18-24-20(25-28-18)15-8-10-21-11-9-15/h3-5,8-11H,6-7,12H2,1-2H3,(H,22,26)(H,23,27). The fourth-order valence-electron chi connectivity index (χ4n) is 2.66. The molecular weight excluding hydrogens is 358 g/mol. The molecule has 3 aromatic rings. The number of para-hydroxylation sites is 1. The lowest BCUT2D eigenvalue weighted by molar-refractivity contribution is -0.124. The van der Waals surface area contributed by atoms with Crippen LogP contribution in [0, 0.1) is 13.8 Å². The fourth-order valence-corrected chi connectivity index (χ4v) is 2.66. The lowest BCUT2D eigenvalue weighted by Crippen LogP contribution is -2.33. The molecule has 0 fully saturated rings. The molecule has 2 heterocycles. The first kappa shape index (κ1) is 19.2. The van der Waals surface area contributed by atoms with Gasteiger partial charge in [0.15, 0.2) is 0 Å². The number of carbonyl (C=O) groups excluding carboxylic acids is 2. The van der Waals surface area contributed by atoms with E-state index in [-0.39, 0.29) is 24.8 Å². The Morgan fingerprint density at radius 1 is 1.04 bits per heavy atom. The van der Waals surface area contributed by atoms with Gasteiger partial charge in [-0.05, 0) is 37.1 Å². The summed E-state index contributed by atoms with van der Waals surface area (Å²) in [5.41, 5.74) is 3.51. The highest BCUT2D eigenvalue weighted by atomic mass is 16.5. The van der Waals surface area contributed by atoms with Gasteiger partial charge in [0.2, 0.25) is 23.5 Å². The summed E-state index contributed by atoms with van der Waals surface area (Å²) in [6.07, 6.45) is 3.72. The van der Waals surface area contributed by atoms with Crippen LogP contribution in [-0.4, -0.2) is 33.5 Å². The van der Waals surface area contributed by atoms with Gasteiger partial charge in [-0.3, -0.25) is 14.6 Å². The highest BCUT2D eigenvalue weighted by molar-refractivity contribution is 5.95. The third kappa shape index (κ3) is 5.00. The molecule has 0 saturated heterocycles. The molecule has 0 radical (unpaired) electrons. The normalized spacial score (nSPS) is 10.5. The van der Waals surface area contributed by atoms with Gasteiger partial charge >= 0.3 is 0 Å². The van der Waals surface area contributed by atoms with Gasteiger partial charge in [-0.15, -0.1) is 0 Å². The van der Waals surface area contributed by atoms with Crippen LogP contribution in [0.4, 0.5) is 5.69 Å². The van der Waals surface area contributed by atoms with E-state index in [1.807, 2.05) is 32.0 Å². The molecule has 1 aromatic carbocycles. The number of amides is 2. The SMILES string of the molecule is Cc1cccc(C)c1NC(=O)CNC(=O)CCc1nc(-c2ccncc2)no1. The van der Waals surface area contributed by atoms with Crippen LogP contribution in [-0.2, 0) is 16.0 Å². The maximum absolute atomic E-state index is 12.1. The highest BCUT2D eigenvalue weighted by Crippen LogP contribution is 2.19. The topological polar surface area (TPSA) is 110 Å². The number of aromatic nitrogens is 3. The Hall–Kier alpha value is -3.55. The summed E-state index contributed by atoms with van der Waals surface area (Å²) in [7, 11) is 0. The summed E-state index contributed by atoms with van der Waals surface area (Å²) in [6.45, 7) is 3.75. The number of rotatable bonds is 7. The molecule has 3 rings (SSSR count). The Balaban J connectivity index is 1.45. The van der Waals surface area contributed by atoms with Gasteiger partial charge in [-0.2, -0.15) is 4.98 Å². The van der Waals surface area contributed by atoms with Gasteiger partial charge in [0.25, 0.3) is 0 Å². The van der Waals surface area contributed by atoms with Gasteiger partial charge in [0.05, 0.1) is 6.54 Å². The molecule has 0 atom stereocenters. The molecule has 2 aromatic heterocycles. The van der Waals surface area contributed by atoms with Crippen molar-refractivity contribution < 1.29 is 14.1 Å². The summed E-state index contributed by atoms with van der Waals surface area (Å²) in [5, 5.41) is 9.32. The maximum Gasteiger partial charge on any atom is 0.243 e. The monoisotopic (exact) mass is 379 g/mol. The van der Waals surface area contributed by atoms with Crippen LogP contribution in [0.2, 0.25) is 0 Å². The summed E-state index contributed by atoms with van der Waals surface area (Å²) in [5.74, 6) is 0.275. The van der Waals surface area contributed by atoms with Gasteiger partial charge in [-0.1, -0.05) is 23.4 Å². The Labute approximate surface area is 162 Å². The second kappa shape index (κ2) is 8.90. The third-order valence-corrected chi connectivity index (χ3v) is 4.16. The van der Waals surface area contributed by atoms with E-state index in [9.17, 15) is 9.59 Å². The minimum atomic E-state index is -0.275. The summed E-state index contributed by atoms with van der Waals surface area (Å²) >= 11 is 0. The molecular formula is C20H21N5O3. The number of hydrogen-bond acceptors (Lipinski definition) is 6. The smallest absolute Gasteiger partial charge is 0.243 e. The van der Waals surface area contributed by atoms with Crippen LogP contribution in [0.3, 0.4) is 0 Å². The van der Waals surface area contributed by atoms with Crippen molar-refractivity contribution in [2.75, 3.05) is 11.9 Å². The number of hydrogen-bond donors (Lipinski definition) is 2. The minimum Gasteiger partial charge on any atom is -0.347 e.